The summed E-state index contributed by atoms with van der Waals surface area (Å²) < 4.78 is 16.8. The van der Waals surface area contributed by atoms with Crippen molar-refractivity contribution < 1.29 is 14.2 Å². The molecule has 2 N–H and O–H groups in total. The number of ether oxygens (including phenoxy) is 3. The Morgan fingerprint density at radius 1 is 1.04 bits per heavy atom. The molecule has 2 aromatic rings. The molecular formula is C20H27NO3. The molecule has 4 heteroatoms. The van der Waals surface area contributed by atoms with Gasteiger partial charge in [-0.05, 0) is 50.1 Å². The summed E-state index contributed by atoms with van der Waals surface area (Å²) in [5, 5.41) is 0. The molecular weight excluding hydrogens is 302 g/mol. The third kappa shape index (κ3) is 4.01. The van der Waals surface area contributed by atoms with Crippen LogP contribution in [0.5, 0.6) is 17.2 Å². The van der Waals surface area contributed by atoms with Crippen LogP contribution in [0.1, 0.15) is 29.5 Å². The normalized spacial score (nSPS) is 11.9. The van der Waals surface area contributed by atoms with E-state index in [2.05, 4.69) is 19.1 Å². The molecule has 0 fully saturated rings. The monoisotopic (exact) mass is 329 g/mol. The zero-order valence-electron chi connectivity index (χ0n) is 15.0. The van der Waals surface area contributed by atoms with Crippen molar-refractivity contribution >= 4 is 0 Å². The molecule has 2 aromatic carbocycles. The van der Waals surface area contributed by atoms with Gasteiger partial charge in [0.05, 0.1) is 20.8 Å². The molecule has 0 amide bonds. The van der Waals surface area contributed by atoms with Gasteiger partial charge in [0.25, 0.3) is 0 Å². The SMILES string of the molecule is CCOc1c(CC(CN)c2cc(C)ccc2OC)cccc1OC. The first-order valence-electron chi connectivity index (χ1n) is 8.27. The zero-order chi connectivity index (χ0) is 17.5. The molecule has 130 valence electrons. The van der Waals surface area contributed by atoms with Crippen LogP contribution in [0.15, 0.2) is 36.4 Å². The van der Waals surface area contributed by atoms with Gasteiger partial charge in [-0.15, -0.1) is 0 Å². The fourth-order valence-corrected chi connectivity index (χ4v) is 2.95. The minimum atomic E-state index is 0.145. The fourth-order valence-electron chi connectivity index (χ4n) is 2.95. The second-order valence-corrected chi connectivity index (χ2v) is 5.76. The van der Waals surface area contributed by atoms with E-state index in [1.807, 2.05) is 31.2 Å². The summed E-state index contributed by atoms with van der Waals surface area (Å²) in [6.45, 7) is 5.17. The summed E-state index contributed by atoms with van der Waals surface area (Å²) in [6, 6.07) is 12.2. The molecule has 4 nitrogen and oxygen atoms in total. The minimum Gasteiger partial charge on any atom is -0.496 e. The van der Waals surface area contributed by atoms with Gasteiger partial charge in [0, 0.05) is 5.92 Å². The maximum absolute atomic E-state index is 6.09. The smallest absolute Gasteiger partial charge is 0.164 e. The average molecular weight is 329 g/mol. The van der Waals surface area contributed by atoms with Crippen LogP contribution in [0.2, 0.25) is 0 Å². The lowest BCUT2D eigenvalue weighted by molar-refractivity contribution is 0.307. The van der Waals surface area contributed by atoms with Crippen LogP contribution in [0.3, 0.4) is 0 Å². The number of rotatable bonds is 8. The molecule has 0 saturated heterocycles. The average Bonchev–Trinajstić information content (AvgIpc) is 2.60. The Morgan fingerprint density at radius 3 is 2.42 bits per heavy atom. The van der Waals surface area contributed by atoms with Crippen molar-refractivity contribution in [3.63, 3.8) is 0 Å². The molecule has 1 atom stereocenters. The molecule has 24 heavy (non-hydrogen) atoms. The second-order valence-electron chi connectivity index (χ2n) is 5.76. The van der Waals surface area contributed by atoms with E-state index in [4.69, 9.17) is 19.9 Å². The van der Waals surface area contributed by atoms with Gasteiger partial charge in [-0.25, -0.2) is 0 Å². The van der Waals surface area contributed by atoms with Crippen LogP contribution in [-0.4, -0.2) is 27.4 Å². The Balaban J connectivity index is 2.39. The van der Waals surface area contributed by atoms with Crippen LogP contribution < -0.4 is 19.9 Å². The molecule has 1 unspecified atom stereocenters. The van der Waals surface area contributed by atoms with Crippen molar-refractivity contribution in [2.24, 2.45) is 5.73 Å². The van der Waals surface area contributed by atoms with Crippen LogP contribution in [-0.2, 0) is 6.42 Å². The number of benzene rings is 2. The number of para-hydroxylation sites is 1. The van der Waals surface area contributed by atoms with E-state index in [1.54, 1.807) is 14.2 Å². The van der Waals surface area contributed by atoms with Gasteiger partial charge in [0.2, 0.25) is 0 Å². The summed E-state index contributed by atoms with van der Waals surface area (Å²) in [5.41, 5.74) is 9.51. The Morgan fingerprint density at radius 2 is 1.79 bits per heavy atom. The van der Waals surface area contributed by atoms with E-state index in [0.717, 1.165) is 34.8 Å². The quantitative estimate of drug-likeness (QED) is 0.802. The van der Waals surface area contributed by atoms with Gasteiger partial charge in [-0.1, -0.05) is 29.8 Å². The molecule has 0 aliphatic heterocycles. The van der Waals surface area contributed by atoms with Crippen LogP contribution in [0.25, 0.3) is 0 Å². The molecule has 0 aliphatic rings. The highest BCUT2D eigenvalue weighted by Crippen LogP contribution is 2.36. The fraction of sp³-hybridized carbons (Fsp3) is 0.400. The highest BCUT2D eigenvalue weighted by atomic mass is 16.5. The lowest BCUT2D eigenvalue weighted by Crippen LogP contribution is -2.17. The maximum Gasteiger partial charge on any atom is 0.164 e. The topological polar surface area (TPSA) is 53.7 Å². The van der Waals surface area contributed by atoms with E-state index in [1.165, 1.54) is 5.56 Å². The Bertz CT molecular complexity index is 670. The highest BCUT2D eigenvalue weighted by Gasteiger charge is 2.19. The van der Waals surface area contributed by atoms with Crippen LogP contribution in [0, 0.1) is 6.92 Å². The summed E-state index contributed by atoms with van der Waals surface area (Å²) in [6.07, 6.45) is 0.767. The van der Waals surface area contributed by atoms with Crippen molar-refractivity contribution in [1.82, 2.24) is 0 Å². The van der Waals surface area contributed by atoms with Crippen molar-refractivity contribution in [1.29, 1.82) is 0 Å². The Kier molecular flexibility index (Phi) is 6.50. The Hall–Kier alpha value is -2.20. The van der Waals surface area contributed by atoms with E-state index < -0.39 is 0 Å². The summed E-state index contributed by atoms with van der Waals surface area (Å²) in [5.74, 6) is 2.57. The van der Waals surface area contributed by atoms with E-state index >= 15 is 0 Å². The highest BCUT2D eigenvalue weighted by molar-refractivity contribution is 5.48. The largest absolute Gasteiger partial charge is 0.496 e. The molecule has 0 saturated carbocycles. The molecule has 0 aliphatic carbocycles. The number of aryl methyl sites for hydroxylation is 1. The third-order valence-corrected chi connectivity index (χ3v) is 4.14. The number of hydrogen-bond donors (Lipinski definition) is 1. The van der Waals surface area contributed by atoms with Crippen molar-refractivity contribution in [2.75, 3.05) is 27.4 Å². The lowest BCUT2D eigenvalue weighted by Gasteiger charge is -2.21. The third-order valence-electron chi connectivity index (χ3n) is 4.14. The maximum atomic E-state index is 6.09. The van der Waals surface area contributed by atoms with Gasteiger partial charge in [-0.3, -0.25) is 0 Å². The molecule has 2 rings (SSSR count). The standard InChI is InChI=1S/C20H27NO3/c1-5-24-20-15(7-6-8-19(20)23-4)12-16(13-21)17-11-14(2)9-10-18(17)22-3/h6-11,16H,5,12-13,21H2,1-4H3. The van der Waals surface area contributed by atoms with Crippen LogP contribution >= 0.6 is 0 Å². The first kappa shape index (κ1) is 18.1. The van der Waals surface area contributed by atoms with Crippen molar-refractivity contribution in [2.45, 2.75) is 26.2 Å². The summed E-state index contributed by atoms with van der Waals surface area (Å²) >= 11 is 0. The Labute approximate surface area is 144 Å². The van der Waals surface area contributed by atoms with Crippen molar-refractivity contribution in [3.8, 4) is 17.2 Å². The number of nitrogens with two attached hydrogens (primary N) is 1. The number of hydrogen-bond acceptors (Lipinski definition) is 4. The van der Waals surface area contributed by atoms with Gasteiger partial charge < -0.3 is 19.9 Å². The summed E-state index contributed by atoms with van der Waals surface area (Å²) in [4.78, 5) is 0. The molecule has 0 aromatic heterocycles. The van der Waals surface area contributed by atoms with Crippen LogP contribution in [0.4, 0.5) is 0 Å². The second kappa shape index (κ2) is 8.60. The van der Waals surface area contributed by atoms with Gasteiger partial charge in [-0.2, -0.15) is 0 Å². The molecule has 0 spiro atoms. The first-order valence-corrected chi connectivity index (χ1v) is 8.27. The number of methoxy groups -OCH3 is 2. The molecule has 0 radical (unpaired) electrons. The molecule has 0 heterocycles. The lowest BCUT2D eigenvalue weighted by atomic mass is 9.90. The van der Waals surface area contributed by atoms with Gasteiger partial charge in [0.1, 0.15) is 5.75 Å². The van der Waals surface area contributed by atoms with E-state index in [0.29, 0.717) is 13.2 Å². The zero-order valence-corrected chi connectivity index (χ0v) is 15.0. The van der Waals surface area contributed by atoms with Crippen molar-refractivity contribution in [3.05, 3.63) is 53.1 Å². The van der Waals surface area contributed by atoms with E-state index in [9.17, 15) is 0 Å². The van der Waals surface area contributed by atoms with Gasteiger partial charge >= 0.3 is 0 Å². The first-order chi connectivity index (χ1) is 11.6. The van der Waals surface area contributed by atoms with E-state index in [-0.39, 0.29) is 5.92 Å². The van der Waals surface area contributed by atoms with Gasteiger partial charge in [0.15, 0.2) is 11.5 Å². The molecule has 0 bridgehead atoms. The summed E-state index contributed by atoms with van der Waals surface area (Å²) in [7, 11) is 3.35. The predicted molar refractivity (Wildman–Crippen MR) is 97.4 cm³/mol. The predicted octanol–water partition coefficient (Wildman–Crippen LogP) is 3.70. The minimum absolute atomic E-state index is 0.145.